The second kappa shape index (κ2) is 4.15. The van der Waals surface area contributed by atoms with Crippen molar-refractivity contribution in [2.75, 3.05) is 6.54 Å². The van der Waals surface area contributed by atoms with E-state index in [1.165, 1.54) is 11.8 Å². The lowest BCUT2D eigenvalue weighted by atomic mass is 10.2. The molecule has 3 heteroatoms. The number of furan rings is 1. The Morgan fingerprint density at radius 3 is 3.06 bits per heavy atom. The molecule has 0 bridgehead atoms. The Morgan fingerprint density at radius 1 is 1.38 bits per heavy atom. The van der Waals surface area contributed by atoms with Gasteiger partial charge in [-0.2, -0.15) is 0 Å². The molecule has 0 saturated carbocycles. The van der Waals surface area contributed by atoms with Crippen molar-refractivity contribution in [2.24, 2.45) is 0 Å². The van der Waals surface area contributed by atoms with Gasteiger partial charge in [0.2, 0.25) is 0 Å². The molecule has 84 valence electrons. The van der Waals surface area contributed by atoms with Crippen LogP contribution in [0.3, 0.4) is 0 Å². The summed E-state index contributed by atoms with van der Waals surface area (Å²) in [5, 5.41) is 5.71. The van der Waals surface area contributed by atoms with Gasteiger partial charge >= 0.3 is 0 Å². The first-order chi connectivity index (χ1) is 7.83. The zero-order chi connectivity index (χ0) is 11.0. The molecule has 2 aromatic rings. The Labute approximate surface area is 99.4 Å². The molecule has 16 heavy (non-hydrogen) atoms. The second-order valence-electron chi connectivity index (χ2n) is 4.26. The van der Waals surface area contributed by atoms with Crippen LogP contribution in [0.2, 0.25) is 0 Å². The highest BCUT2D eigenvalue weighted by molar-refractivity contribution is 8.00. The quantitative estimate of drug-likeness (QED) is 0.815. The standard InChI is InChI=1S/C13H15NOS/c1-9-6-7-14-13(16-9)12-8-10-4-2-3-5-11(10)15-12/h2-5,8-9,13-14H,6-7H2,1H3. The van der Waals surface area contributed by atoms with Gasteiger partial charge in [0.1, 0.15) is 16.7 Å². The van der Waals surface area contributed by atoms with Crippen LogP contribution in [0.5, 0.6) is 0 Å². The lowest BCUT2D eigenvalue weighted by Gasteiger charge is -2.26. The minimum Gasteiger partial charge on any atom is -0.458 e. The Morgan fingerprint density at radius 2 is 2.25 bits per heavy atom. The van der Waals surface area contributed by atoms with Crippen molar-refractivity contribution < 1.29 is 4.42 Å². The highest BCUT2D eigenvalue weighted by Gasteiger charge is 2.23. The maximum atomic E-state index is 5.87. The zero-order valence-corrected chi connectivity index (χ0v) is 10.1. The number of hydrogen-bond donors (Lipinski definition) is 1. The minimum absolute atomic E-state index is 0.316. The maximum absolute atomic E-state index is 5.87. The molecule has 2 heterocycles. The summed E-state index contributed by atoms with van der Waals surface area (Å²) in [7, 11) is 0. The number of fused-ring (bicyclic) bond motifs is 1. The number of rotatable bonds is 1. The van der Waals surface area contributed by atoms with E-state index in [9.17, 15) is 0 Å². The molecule has 2 unspecified atom stereocenters. The molecule has 0 radical (unpaired) electrons. The molecule has 1 saturated heterocycles. The molecule has 1 fully saturated rings. The van der Waals surface area contributed by atoms with Crippen molar-refractivity contribution in [3.63, 3.8) is 0 Å². The van der Waals surface area contributed by atoms with Gasteiger partial charge < -0.3 is 4.42 Å². The number of benzene rings is 1. The minimum atomic E-state index is 0.316. The van der Waals surface area contributed by atoms with Gasteiger partial charge in [-0.1, -0.05) is 25.1 Å². The van der Waals surface area contributed by atoms with Crippen molar-refractivity contribution in [2.45, 2.75) is 24.0 Å². The van der Waals surface area contributed by atoms with Gasteiger partial charge in [-0.3, -0.25) is 5.32 Å². The lowest BCUT2D eigenvalue weighted by Crippen LogP contribution is -2.28. The summed E-state index contributed by atoms with van der Waals surface area (Å²) in [5.41, 5.74) is 0.984. The van der Waals surface area contributed by atoms with E-state index in [1.807, 2.05) is 30.0 Å². The first kappa shape index (κ1) is 10.2. The average Bonchev–Trinajstić information content (AvgIpc) is 2.72. The summed E-state index contributed by atoms with van der Waals surface area (Å²) in [6.45, 7) is 3.36. The highest BCUT2D eigenvalue weighted by Crippen LogP contribution is 2.36. The number of nitrogens with one attached hydrogen (secondary N) is 1. The van der Waals surface area contributed by atoms with Crippen LogP contribution in [0.15, 0.2) is 34.7 Å². The van der Waals surface area contributed by atoms with Crippen LogP contribution < -0.4 is 5.32 Å². The van der Waals surface area contributed by atoms with Crippen molar-refractivity contribution >= 4 is 22.7 Å². The number of thioether (sulfide) groups is 1. The molecule has 0 spiro atoms. The van der Waals surface area contributed by atoms with Gasteiger partial charge in [-0.05, 0) is 25.1 Å². The summed E-state index contributed by atoms with van der Waals surface area (Å²) >= 11 is 1.95. The van der Waals surface area contributed by atoms with Crippen LogP contribution in [0.1, 0.15) is 24.5 Å². The van der Waals surface area contributed by atoms with Gasteiger partial charge in [0.25, 0.3) is 0 Å². The van der Waals surface area contributed by atoms with Gasteiger partial charge in [0, 0.05) is 10.6 Å². The molecule has 2 nitrogen and oxygen atoms in total. The average molecular weight is 233 g/mol. The predicted octanol–water partition coefficient (Wildman–Crippen LogP) is 3.55. The molecule has 0 aliphatic carbocycles. The molecule has 2 atom stereocenters. The Hall–Kier alpha value is -0.930. The lowest BCUT2D eigenvalue weighted by molar-refractivity contribution is 0.491. The second-order valence-corrected chi connectivity index (χ2v) is 5.80. The normalized spacial score (nSPS) is 26.1. The van der Waals surface area contributed by atoms with Crippen LogP contribution in [-0.2, 0) is 0 Å². The van der Waals surface area contributed by atoms with Crippen molar-refractivity contribution in [3.8, 4) is 0 Å². The number of para-hydroxylation sites is 1. The van der Waals surface area contributed by atoms with E-state index in [2.05, 4.69) is 24.4 Å². The third-order valence-electron chi connectivity index (χ3n) is 2.95. The van der Waals surface area contributed by atoms with Gasteiger partial charge in [-0.25, -0.2) is 0 Å². The molecule has 0 amide bonds. The fraction of sp³-hybridized carbons (Fsp3) is 0.385. The fourth-order valence-corrected chi connectivity index (χ4v) is 3.25. The predicted molar refractivity (Wildman–Crippen MR) is 68.6 cm³/mol. The van der Waals surface area contributed by atoms with Crippen molar-refractivity contribution in [1.29, 1.82) is 0 Å². The van der Waals surface area contributed by atoms with Gasteiger partial charge in [0.15, 0.2) is 0 Å². The highest BCUT2D eigenvalue weighted by atomic mass is 32.2. The van der Waals surface area contributed by atoms with E-state index in [1.54, 1.807) is 0 Å². The first-order valence-electron chi connectivity index (χ1n) is 5.70. The van der Waals surface area contributed by atoms with Crippen LogP contribution in [0.25, 0.3) is 11.0 Å². The first-order valence-corrected chi connectivity index (χ1v) is 6.64. The molecule has 3 rings (SSSR count). The van der Waals surface area contributed by atoms with Gasteiger partial charge in [-0.15, -0.1) is 11.8 Å². The molecule has 1 aromatic heterocycles. The van der Waals surface area contributed by atoms with Gasteiger partial charge in [0.05, 0.1) is 0 Å². The fourth-order valence-electron chi connectivity index (χ4n) is 2.07. The summed E-state index contributed by atoms with van der Waals surface area (Å²) in [6.07, 6.45) is 1.24. The summed E-state index contributed by atoms with van der Waals surface area (Å²) in [5.74, 6) is 1.05. The van der Waals surface area contributed by atoms with E-state index in [0.717, 1.165) is 17.9 Å². The van der Waals surface area contributed by atoms with E-state index in [-0.39, 0.29) is 0 Å². The molecular formula is C13H15NOS. The molecule has 1 N–H and O–H groups in total. The Balaban J connectivity index is 1.93. The van der Waals surface area contributed by atoms with E-state index >= 15 is 0 Å². The van der Waals surface area contributed by atoms with Crippen LogP contribution >= 0.6 is 11.8 Å². The molecule has 1 aromatic carbocycles. The molecule has 1 aliphatic rings. The Bertz CT molecular complexity index is 460. The topological polar surface area (TPSA) is 25.2 Å². The SMILES string of the molecule is CC1CCNC(c2cc3ccccc3o2)S1. The zero-order valence-electron chi connectivity index (χ0n) is 9.27. The third kappa shape index (κ3) is 1.85. The van der Waals surface area contributed by atoms with Crippen LogP contribution in [0, 0.1) is 0 Å². The van der Waals surface area contributed by atoms with Crippen LogP contribution in [-0.4, -0.2) is 11.8 Å². The monoisotopic (exact) mass is 233 g/mol. The van der Waals surface area contributed by atoms with E-state index < -0.39 is 0 Å². The van der Waals surface area contributed by atoms with Crippen molar-refractivity contribution in [1.82, 2.24) is 5.32 Å². The molecular weight excluding hydrogens is 218 g/mol. The molecule has 1 aliphatic heterocycles. The Kier molecular flexibility index (Phi) is 2.65. The van der Waals surface area contributed by atoms with E-state index in [0.29, 0.717) is 10.6 Å². The number of hydrogen-bond acceptors (Lipinski definition) is 3. The third-order valence-corrected chi connectivity index (χ3v) is 4.32. The summed E-state index contributed by atoms with van der Waals surface area (Å²) < 4.78 is 5.87. The largest absolute Gasteiger partial charge is 0.458 e. The smallest absolute Gasteiger partial charge is 0.134 e. The maximum Gasteiger partial charge on any atom is 0.134 e. The van der Waals surface area contributed by atoms with Crippen LogP contribution in [0.4, 0.5) is 0 Å². The summed E-state index contributed by atoms with van der Waals surface area (Å²) in [6, 6.07) is 10.3. The van der Waals surface area contributed by atoms with E-state index in [4.69, 9.17) is 4.42 Å². The summed E-state index contributed by atoms with van der Waals surface area (Å²) in [4.78, 5) is 0. The van der Waals surface area contributed by atoms with Crippen molar-refractivity contribution in [3.05, 3.63) is 36.1 Å².